The number of benzene rings is 1. The van der Waals surface area contributed by atoms with E-state index in [1.807, 2.05) is 12.1 Å². The number of piperidine rings is 1. The summed E-state index contributed by atoms with van der Waals surface area (Å²) in [4.78, 5) is 2.34. The van der Waals surface area contributed by atoms with E-state index >= 15 is 0 Å². The maximum Gasteiger partial charge on any atom is 0.119 e. The van der Waals surface area contributed by atoms with Gasteiger partial charge in [-0.3, -0.25) is 0 Å². The number of aryl methyl sites for hydroxylation is 1. The molecule has 112 valence electrons. The fourth-order valence-electron chi connectivity index (χ4n) is 2.64. The first-order valence-electron chi connectivity index (χ1n) is 7.79. The Morgan fingerprint density at radius 3 is 2.80 bits per heavy atom. The van der Waals surface area contributed by atoms with Gasteiger partial charge in [0, 0.05) is 6.54 Å². The summed E-state index contributed by atoms with van der Waals surface area (Å²) in [5.41, 5.74) is 1.27. The van der Waals surface area contributed by atoms with Gasteiger partial charge in [-0.1, -0.05) is 26.0 Å². The Bertz CT molecular complexity index is 400. The number of nitrogens with zero attached hydrogens (tertiary/aromatic N) is 1. The van der Waals surface area contributed by atoms with Crippen LogP contribution in [0.3, 0.4) is 0 Å². The molecule has 1 aliphatic heterocycles. The van der Waals surface area contributed by atoms with Crippen LogP contribution in [0.25, 0.3) is 0 Å². The number of ether oxygens (including phenoxy) is 1. The van der Waals surface area contributed by atoms with Gasteiger partial charge < -0.3 is 14.7 Å². The lowest BCUT2D eigenvalue weighted by atomic mass is 9.99. The second-order valence-electron chi connectivity index (χ2n) is 5.95. The lowest BCUT2D eigenvalue weighted by Crippen LogP contribution is -2.40. The van der Waals surface area contributed by atoms with Crippen LogP contribution in [0.1, 0.15) is 32.3 Å². The van der Waals surface area contributed by atoms with Crippen molar-refractivity contribution in [3.8, 4) is 5.75 Å². The van der Waals surface area contributed by atoms with Gasteiger partial charge in [-0.05, 0) is 56.0 Å². The molecule has 1 saturated heterocycles. The number of rotatable bonds is 6. The van der Waals surface area contributed by atoms with E-state index in [9.17, 15) is 5.11 Å². The van der Waals surface area contributed by atoms with Gasteiger partial charge in [-0.25, -0.2) is 0 Å². The lowest BCUT2D eigenvalue weighted by Gasteiger charge is -2.31. The fraction of sp³-hybridized carbons (Fsp3) is 0.647. The van der Waals surface area contributed by atoms with Crippen LogP contribution in [0.2, 0.25) is 0 Å². The predicted octanol–water partition coefficient (Wildman–Crippen LogP) is 2.72. The first kappa shape index (κ1) is 15.3. The summed E-state index contributed by atoms with van der Waals surface area (Å²) in [6.07, 6.45) is 3.08. The fourth-order valence-corrected chi connectivity index (χ4v) is 2.64. The highest BCUT2D eigenvalue weighted by Gasteiger charge is 2.18. The second-order valence-corrected chi connectivity index (χ2v) is 5.95. The van der Waals surface area contributed by atoms with Crippen molar-refractivity contribution < 1.29 is 9.84 Å². The Balaban J connectivity index is 1.73. The molecular weight excluding hydrogens is 250 g/mol. The topological polar surface area (TPSA) is 32.7 Å². The van der Waals surface area contributed by atoms with E-state index in [1.54, 1.807) is 0 Å². The molecule has 1 heterocycles. The second kappa shape index (κ2) is 7.65. The molecule has 1 unspecified atom stereocenters. The molecule has 1 aromatic carbocycles. The normalized spacial score (nSPS) is 18.9. The highest BCUT2D eigenvalue weighted by Crippen LogP contribution is 2.17. The number of β-amino-alcohol motifs (C(OH)–C–C–N with tert-alkyl or cyclic N) is 1. The summed E-state index contributed by atoms with van der Waals surface area (Å²) < 4.78 is 5.70. The van der Waals surface area contributed by atoms with Gasteiger partial charge in [0.25, 0.3) is 0 Å². The van der Waals surface area contributed by atoms with Gasteiger partial charge >= 0.3 is 0 Å². The van der Waals surface area contributed by atoms with Crippen molar-refractivity contribution >= 4 is 0 Å². The van der Waals surface area contributed by atoms with Crippen LogP contribution in [-0.4, -0.2) is 42.4 Å². The van der Waals surface area contributed by atoms with Crippen LogP contribution in [-0.2, 0) is 6.42 Å². The Morgan fingerprint density at radius 2 is 2.10 bits per heavy atom. The number of hydrogen-bond acceptors (Lipinski definition) is 3. The maximum atomic E-state index is 10.1. The third kappa shape index (κ3) is 4.80. The molecule has 1 N–H and O–H groups in total. The molecule has 0 aromatic heterocycles. The van der Waals surface area contributed by atoms with Crippen molar-refractivity contribution in [1.29, 1.82) is 0 Å². The minimum Gasteiger partial charge on any atom is -0.491 e. The third-order valence-corrected chi connectivity index (χ3v) is 4.09. The van der Waals surface area contributed by atoms with Crippen molar-refractivity contribution in [3.63, 3.8) is 0 Å². The summed E-state index contributed by atoms with van der Waals surface area (Å²) >= 11 is 0. The van der Waals surface area contributed by atoms with Gasteiger partial charge in [0.05, 0.1) is 0 Å². The third-order valence-electron chi connectivity index (χ3n) is 4.09. The molecule has 2 rings (SSSR count). The first-order chi connectivity index (χ1) is 9.67. The van der Waals surface area contributed by atoms with Gasteiger partial charge in [-0.2, -0.15) is 0 Å². The quantitative estimate of drug-likeness (QED) is 0.868. The summed E-state index contributed by atoms with van der Waals surface area (Å²) in [7, 11) is 0. The molecule has 3 heteroatoms. The van der Waals surface area contributed by atoms with Crippen molar-refractivity contribution in [2.24, 2.45) is 5.92 Å². The van der Waals surface area contributed by atoms with Crippen LogP contribution < -0.4 is 4.74 Å². The van der Waals surface area contributed by atoms with Gasteiger partial charge in [0.2, 0.25) is 0 Å². The molecule has 3 nitrogen and oxygen atoms in total. The molecule has 1 fully saturated rings. The van der Waals surface area contributed by atoms with Crippen molar-refractivity contribution in [3.05, 3.63) is 29.8 Å². The average Bonchev–Trinajstić information content (AvgIpc) is 2.48. The largest absolute Gasteiger partial charge is 0.491 e. The minimum atomic E-state index is -0.409. The number of aliphatic hydroxyl groups is 1. The summed E-state index contributed by atoms with van der Waals surface area (Å²) in [6, 6.07) is 8.11. The molecule has 0 aliphatic carbocycles. The van der Waals surface area contributed by atoms with Gasteiger partial charge in [0.1, 0.15) is 18.5 Å². The Morgan fingerprint density at radius 1 is 1.35 bits per heavy atom. The summed E-state index contributed by atoms with van der Waals surface area (Å²) in [5.74, 6) is 1.69. The zero-order valence-corrected chi connectivity index (χ0v) is 12.7. The molecule has 1 aromatic rings. The first-order valence-corrected chi connectivity index (χ1v) is 7.79. The molecule has 20 heavy (non-hydrogen) atoms. The van der Waals surface area contributed by atoms with Crippen LogP contribution in [0, 0.1) is 5.92 Å². The van der Waals surface area contributed by atoms with E-state index in [0.717, 1.165) is 37.7 Å². The standard InChI is InChI=1S/C17H27NO2/c1-3-15-5-4-6-17(11-15)20-13-16(19)12-18-9-7-14(2)8-10-18/h4-6,11,14,16,19H,3,7-10,12-13H2,1-2H3. The van der Waals surface area contributed by atoms with Crippen LogP contribution >= 0.6 is 0 Å². The summed E-state index contributed by atoms with van der Waals surface area (Å²) in [5, 5.41) is 10.1. The zero-order chi connectivity index (χ0) is 14.4. The van der Waals surface area contributed by atoms with E-state index in [0.29, 0.717) is 6.61 Å². The SMILES string of the molecule is CCc1cccc(OCC(O)CN2CCC(C)CC2)c1. The van der Waals surface area contributed by atoms with E-state index in [2.05, 4.69) is 30.9 Å². The van der Waals surface area contributed by atoms with E-state index in [1.165, 1.54) is 18.4 Å². The van der Waals surface area contributed by atoms with Crippen molar-refractivity contribution in [2.45, 2.75) is 39.2 Å². The van der Waals surface area contributed by atoms with E-state index in [4.69, 9.17) is 4.74 Å². The van der Waals surface area contributed by atoms with E-state index < -0.39 is 6.10 Å². The zero-order valence-electron chi connectivity index (χ0n) is 12.7. The highest BCUT2D eigenvalue weighted by atomic mass is 16.5. The van der Waals surface area contributed by atoms with E-state index in [-0.39, 0.29) is 0 Å². The number of hydrogen-bond donors (Lipinski definition) is 1. The smallest absolute Gasteiger partial charge is 0.119 e. The highest BCUT2D eigenvalue weighted by molar-refractivity contribution is 5.28. The number of likely N-dealkylation sites (tertiary alicyclic amines) is 1. The molecular formula is C17H27NO2. The molecule has 0 saturated carbocycles. The Labute approximate surface area is 122 Å². The molecule has 0 bridgehead atoms. The predicted molar refractivity (Wildman–Crippen MR) is 82.2 cm³/mol. The van der Waals surface area contributed by atoms with Crippen molar-refractivity contribution in [1.82, 2.24) is 4.90 Å². The monoisotopic (exact) mass is 277 g/mol. The van der Waals surface area contributed by atoms with Crippen LogP contribution in [0.5, 0.6) is 5.75 Å². The molecule has 0 radical (unpaired) electrons. The Kier molecular flexibility index (Phi) is 5.86. The molecule has 0 spiro atoms. The summed E-state index contributed by atoms with van der Waals surface area (Å²) in [6.45, 7) is 7.73. The molecule has 1 atom stereocenters. The maximum absolute atomic E-state index is 10.1. The van der Waals surface area contributed by atoms with Gasteiger partial charge in [0.15, 0.2) is 0 Å². The average molecular weight is 277 g/mol. The van der Waals surface area contributed by atoms with Crippen LogP contribution in [0.4, 0.5) is 0 Å². The minimum absolute atomic E-state index is 0.374. The van der Waals surface area contributed by atoms with Crippen LogP contribution in [0.15, 0.2) is 24.3 Å². The Hall–Kier alpha value is -1.06. The van der Waals surface area contributed by atoms with Gasteiger partial charge in [-0.15, -0.1) is 0 Å². The van der Waals surface area contributed by atoms with Crippen molar-refractivity contribution in [2.75, 3.05) is 26.2 Å². The molecule has 0 amide bonds. The lowest BCUT2D eigenvalue weighted by molar-refractivity contribution is 0.0563. The molecule has 1 aliphatic rings. The number of aliphatic hydroxyl groups excluding tert-OH is 1.